The van der Waals surface area contributed by atoms with Gasteiger partial charge in [-0.3, -0.25) is 4.72 Å². The maximum absolute atomic E-state index is 12.2. The lowest BCUT2D eigenvalue weighted by Crippen LogP contribution is -2.35. The van der Waals surface area contributed by atoms with Crippen molar-refractivity contribution < 1.29 is 13.2 Å². The SMILES string of the molecule is C=C(N=C/C=C\N)Oc1ccc2c(N)c(-c3ccc(NS(=O)(=O)NC(C)C)cc3)n(C3CC3)c2c1. The molecule has 9 nitrogen and oxygen atoms in total. The summed E-state index contributed by atoms with van der Waals surface area (Å²) < 4.78 is 37.4. The van der Waals surface area contributed by atoms with Crippen LogP contribution in [-0.2, 0) is 10.2 Å². The largest absolute Gasteiger partial charge is 0.440 e. The first-order valence-corrected chi connectivity index (χ1v) is 12.8. The van der Waals surface area contributed by atoms with E-state index in [1.165, 1.54) is 12.4 Å². The maximum Gasteiger partial charge on any atom is 0.299 e. The maximum atomic E-state index is 12.2. The van der Waals surface area contributed by atoms with Gasteiger partial charge < -0.3 is 20.8 Å². The number of nitrogens with two attached hydrogens (primary N) is 2. The highest BCUT2D eigenvalue weighted by Crippen LogP contribution is 2.46. The molecule has 0 spiro atoms. The molecule has 2 aromatic carbocycles. The van der Waals surface area contributed by atoms with Crippen LogP contribution in [0.25, 0.3) is 22.2 Å². The molecule has 10 heteroatoms. The van der Waals surface area contributed by atoms with E-state index in [1.807, 2.05) is 30.3 Å². The van der Waals surface area contributed by atoms with Crippen molar-refractivity contribution >= 4 is 38.7 Å². The number of nitrogens with one attached hydrogen (secondary N) is 2. The molecule has 1 aliphatic carbocycles. The first-order valence-electron chi connectivity index (χ1n) is 11.3. The smallest absolute Gasteiger partial charge is 0.299 e. The Balaban J connectivity index is 1.67. The Bertz CT molecular complexity index is 1400. The minimum atomic E-state index is -3.64. The summed E-state index contributed by atoms with van der Waals surface area (Å²) in [7, 11) is -3.64. The molecule has 1 fully saturated rings. The van der Waals surface area contributed by atoms with Crippen molar-refractivity contribution in [3.8, 4) is 17.0 Å². The van der Waals surface area contributed by atoms with Crippen molar-refractivity contribution in [2.75, 3.05) is 10.5 Å². The van der Waals surface area contributed by atoms with E-state index in [2.05, 4.69) is 25.6 Å². The van der Waals surface area contributed by atoms with Crippen LogP contribution in [0.5, 0.6) is 5.75 Å². The van der Waals surface area contributed by atoms with Crippen LogP contribution in [0.2, 0.25) is 0 Å². The zero-order valence-corrected chi connectivity index (χ0v) is 20.5. The normalized spacial score (nSPS) is 14.4. The van der Waals surface area contributed by atoms with Crippen LogP contribution >= 0.6 is 0 Å². The summed E-state index contributed by atoms with van der Waals surface area (Å²) in [6.45, 7) is 7.34. The number of nitrogens with zero attached hydrogens (tertiary/aromatic N) is 2. The van der Waals surface area contributed by atoms with E-state index in [1.54, 1.807) is 32.1 Å². The van der Waals surface area contributed by atoms with Gasteiger partial charge in [0.1, 0.15) is 5.75 Å². The molecule has 0 unspecified atom stereocenters. The average Bonchev–Trinajstić information content (AvgIpc) is 3.58. The van der Waals surface area contributed by atoms with Crippen molar-refractivity contribution in [3.05, 3.63) is 67.2 Å². The number of ether oxygens (including phenoxy) is 1. The highest BCUT2D eigenvalue weighted by atomic mass is 32.2. The number of hydrogen-bond acceptors (Lipinski definition) is 6. The Hall–Kier alpha value is -3.76. The molecule has 1 heterocycles. The third kappa shape index (κ3) is 5.67. The van der Waals surface area contributed by atoms with E-state index in [4.69, 9.17) is 16.2 Å². The monoisotopic (exact) mass is 494 g/mol. The Morgan fingerprint density at radius 1 is 1.23 bits per heavy atom. The summed E-state index contributed by atoms with van der Waals surface area (Å²) in [6, 6.07) is 13.0. The van der Waals surface area contributed by atoms with Gasteiger partial charge in [-0.05, 0) is 69.8 Å². The van der Waals surface area contributed by atoms with Crippen molar-refractivity contribution in [2.24, 2.45) is 10.7 Å². The van der Waals surface area contributed by atoms with Gasteiger partial charge in [-0.15, -0.1) is 0 Å². The number of rotatable bonds is 10. The molecule has 1 saturated carbocycles. The number of benzene rings is 2. The zero-order valence-electron chi connectivity index (χ0n) is 19.7. The quantitative estimate of drug-likeness (QED) is 0.246. The molecule has 0 aliphatic heterocycles. The lowest BCUT2D eigenvalue weighted by atomic mass is 10.1. The molecule has 184 valence electrons. The van der Waals surface area contributed by atoms with Crippen LogP contribution in [0.15, 0.2) is 72.2 Å². The van der Waals surface area contributed by atoms with Gasteiger partial charge in [0.05, 0.1) is 16.9 Å². The molecule has 1 aromatic heterocycles. The van der Waals surface area contributed by atoms with Crippen LogP contribution < -0.4 is 25.6 Å². The highest BCUT2D eigenvalue weighted by molar-refractivity contribution is 7.90. The number of allylic oxidation sites excluding steroid dienone is 1. The van der Waals surface area contributed by atoms with Gasteiger partial charge in [-0.25, -0.2) is 4.99 Å². The Morgan fingerprint density at radius 2 is 1.94 bits per heavy atom. The average molecular weight is 495 g/mol. The summed E-state index contributed by atoms with van der Waals surface area (Å²) in [5.41, 5.74) is 15.8. The second-order valence-electron chi connectivity index (χ2n) is 8.66. The van der Waals surface area contributed by atoms with E-state index in [0.29, 0.717) is 23.2 Å². The van der Waals surface area contributed by atoms with Gasteiger partial charge in [-0.1, -0.05) is 12.1 Å². The Kier molecular flexibility index (Phi) is 6.86. The van der Waals surface area contributed by atoms with Gasteiger partial charge in [0.2, 0.25) is 5.88 Å². The van der Waals surface area contributed by atoms with Gasteiger partial charge in [0.15, 0.2) is 0 Å². The third-order valence-electron chi connectivity index (χ3n) is 5.38. The standard InChI is InChI=1S/C25H30N6O3S/c1-16(2)29-35(32,33)30-19-7-5-18(6-8-19)25-24(27)22-12-11-21(34-17(3)28-14-4-13-26)15-23(22)31(25)20-9-10-20/h4-8,11-16,20,29-30H,3,9-10,26-27H2,1-2H3/b13-4-,28-14?. The Morgan fingerprint density at radius 3 is 2.57 bits per heavy atom. The molecule has 35 heavy (non-hydrogen) atoms. The third-order valence-corrected chi connectivity index (χ3v) is 6.67. The summed E-state index contributed by atoms with van der Waals surface area (Å²) in [6.07, 6.45) is 6.58. The molecule has 0 amide bonds. The molecule has 0 radical (unpaired) electrons. The molecule has 6 N–H and O–H groups in total. The minimum absolute atomic E-state index is 0.207. The van der Waals surface area contributed by atoms with Crippen LogP contribution in [0, 0.1) is 0 Å². The predicted molar refractivity (Wildman–Crippen MR) is 142 cm³/mol. The summed E-state index contributed by atoms with van der Waals surface area (Å²) in [4.78, 5) is 4.09. The molecule has 0 saturated heterocycles. The molecule has 0 bridgehead atoms. The van der Waals surface area contributed by atoms with E-state index in [9.17, 15) is 8.42 Å². The van der Waals surface area contributed by atoms with Gasteiger partial charge in [0.25, 0.3) is 10.2 Å². The molecule has 0 atom stereocenters. The topological polar surface area (TPSA) is 137 Å². The van der Waals surface area contributed by atoms with Gasteiger partial charge in [-0.2, -0.15) is 13.1 Å². The van der Waals surface area contributed by atoms with Crippen LogP contribution in [-0.4, -0.2) is 25.2 Å². The second kappa shape index (κ2) is 9.85. The summed E-state index contributed by atoms with van der Waals surface area (Å²) in [5, 5.41) is 0.922. The molecular formula is C25H30N6O3S. The number of anilines is 2. The summed E-state index contributed by atoms with van der Waals surface area (Å²) >= 11 is 0. The van der Waals surface area contributed by atoms with Crippen molar-refractivity contribution in [1.29, 1.82) is 0 Å². The predicted octanol–water partition coefficient (Wildman–Crippen LogP) is 4.27. The number of hydrogen-bond donors (Lipinski definition) is 4. The number of aromatic nitrogens is 1. The van der Waals surface area contributed by atoms with E-state index >= 15 is 0 Å². The molecule has 3 aromatic rings. The van der Waals surface area contributed by atoms with E-state index in [-0.39, 0.29) is 11.9 Å². The first-order chi connectivity index (χ1) is 16.7. The minimum Gasteiger partial charge on any atom is -0.440 e. The number of nitrogen functional groups attached to an aromatic ring is 1. The fourth-order valence-corrected chi connectivity index (χ4v) is 5.04. The van der Waals surface area contributed by atoms with Crippen molar-refractivity contribution in [2.45, 2.75) is 38.8 Å². The summed E-state index contributed by atoms with van der Waals surface area (Å²) in [5.74, 6) is 0.843. The van der Waals surface area contributed by atoms with E-state index in [0.717, 1.165) is 35.0 Å². The Labute approximate surface area is 205 Å². The van der Waals surface area contributed by atoms with Crippen LogP contribution in [0.1, 0.15) is 32.7 Å². The molecular weight excluding hydrogens is 464 g/mol. The zero-order chi connectivity index (χ0) is 25.2. The van der Waals surface area contributed by atoms with Crippen molar-refractivity contribution in [1.82, 2.24) is 9.29 Å². The number of fused-ring (bicyclic) bond motifs is 1. The van der Waals surface area contributed by atoms with Gasteiger partial charge >= 0.3 is 0 Å². The molecule has 1 aliphatic rings. The van der Waals surface area contributed by atoms with Crippen molar-refractivity contribution in [3.63, 3.8) is 0 Å². The first kappa shape index (κ1) is 24.4. The van der Waals surface area contributed by atoms with Crippen LogP contribution in [0.4, 0.5) is 11.4 Å². The van der Waals surface area contributed by atoms with Gasteiger partial charge in [0, 0.05) is 41.0 Å². The number of aliphatic imine (C=N–C) groups is 1. The fourth-order valence-electron chi connectivity index (χ4n) is 3.92. The lowest BCUT2D eigenvalue weighted by Gasteiger charge is -2.13. The van der Waals surface area contributed by atoms with Crippen LogP contribution in [0.3, 0.4) is 0 Å². The highest BCUT2D eigenvalue weighted by Gasteiger charge is 2.30. The fraction of sp³-hybridized carbons (Fsp3) is 0.240. The molecule has 4 rings (SSSR count). The second-order valence-corrected chi connectivity index (χ2v) is 10.1. The lowest BCUT2D eigenvalue weighted by molar-refractivity contribution is 0.425. The van der Waals surface area contributed by atoms with E-state index < -0.39 is 10.2 Å².